The first-order valence-electron chi connectivity index (χ1n) is 9.97. The molecule has 0 unspecified atom stereocenters. The lowest BCUT2D eigenvalue weighted by Crippen LogP contribution is -2.50. The van der Waals surface area contributed by atoms with E-state index in [0.29, 0.717) is 0 Å². The molecule has 0 aromatic rings. The molecule has 0 aliphatic carbocycles. The lowest BCUT2D eigenvalue weighted by molar-refractivity contribution is -0.0856. The number of rotatable bonds is 11. The Morgan fingerprint density at radius 2 is 1.35 bits per heavy atom. The number of ether oxygens (including phenoxy) is 1. The van der Waals surface area contributed by atoms with Crippen LogP contribution in [0.3, 0.4) is 0 Å². The molecule has 0 N–H and O–H groups in total. The molecular formula is C18H40O3Si2. The predicted molar refractivity (Wildman–Crippen MR) is 104 cm³/mol. The highest BCUT2D eigenvalue weighted by molar-refractivity contribution is 6.74. The van der Waals surface area contributed by atoms with Gasteiger partial charge in [0.15, 0.2) is 16.6 Å². The molecule has 1 heterocycles. The van der Waals surface area contributed by atoms with Gasteiger partial charge < -0.3 is 13.6 Å². The van der Waals surface area contributed by atoms with E-state index in [2.05, 4.69) is 41.5 Å². The molecule has 1 fully saturated rings. The first-order valence-corrected chi connectivity index (χ1v) is 15.0. The first-order chi connectivity index (χ1) is 11.0. The predicted octanol–water partition coefficient (Wildman–Crippen LogP) is 5.58. The molecule has 0 saturated carbocycles. The van der Waals surface area contributed by atoms with Crippen LogP contribution >= 0.6 is 0 Å². The summed E-state index contributed by atoms with van der Waals surface area (Å²) < 4.78 is 19.4. The van der Waals surface area contributed by atoms with E-state index >= 15 is 0 Å². The topological polar surface area (TPSA) is 27.7 Å². The molecule has 138 valence electrons. The summed E-state index contributed by atoms with van der Waals surface area (Å²) in [6.07, 6.45) is 2.67. The van der Waals surface area contributed by atoms with Crippen molar-refractivity contribution in [2.24, 2.45) is 0 Å². The van der Waals surface area contributed by atoms with Crippen LogP contribution in [0.4, 0.5) is 0 Å². The molecule has 1 aliphatic rings. The molecule has 0 spiro atoms. The monoisotopic (exact) mass is 360 g/mol. The summed E-state index contributed by atoms with van der Waals surface area (Å²) in [4.78, 5) is 0. The third-order valence-corrected chi connectivity index (χ3v) is 15.5. The maximum atomic E-state index is 6.75. The van der Waals surface area contributed by atoms with Gasteiger partial charge >= 0.3 is 0 Å². The zero-order valence-electron chi connectivity index (χ0n) is 16.5. The molecule has 5 heteroatoms. The summed E-state index contributed by atoms with van der Waals surface area (Å²) in [5.74, 6) is 0. The fourth-order valence-electron chi connectivity index (χ4n) is 3.74. The van der Waals surface area contributed by atoms with Crippen LogP contribution in [-0.2, 0) is 13.6 Å². The highest BCUT2D eigenvalue weighted by Crippen LogP contribution is 2.30. The molecule has 1 rings (SSSR count). The minimum absolute atomic E-state index is 0.150. The van der Waals surface area contributed by atoms with E-state index in [1.165, 1.54) is 36.3 Å². The summed E-state index contributed by atoms with van der Waals surface area (Å²) in [6, 6.07) is 7.24. The molecule has 0 radical (unpaired) electrons. The second-order valence-corrected chi connectivity index (χ2v) is 16.5. The Morgan fingerprint density at radius 1 is 0.826 bits per heavy atom. The highest BCUT2D eigenvalue weighted by Gasteiger charge is 2.38. The largest absolute Gasteiger partial charge is 0.414 e. The summed E-state index contributed by atoms with van der Waals surface area (Å²) in [6.45, 7) is 15.4. The summed E-state index contributed by atoms with van der Waals surface area (Å²) in [7, 11) is -3.11. The fourth-order valence-corrected chi connectivity index (χ4v) is 9.28. The van der Waals surface area contributed by atoms with Gasteiger partial charge in [-0.1, -0.05) is 41.5 Å². The average Bonchev–Trinajstić information content (AvgIpc) is 2.62. The van der Waals surface area contributed by atoms with Gasteiger partial charge in [-0.25, -0.2) is 0 Å². The second kappa shape index (κ2) is 10.3. The molecule has 23 heavy (non-hydrogen) atoms. The van der Waals surface area contributed by atoms with Gasteiger partial charge in [-0.05, 0) is 49.1 Å². The molecule has 0 aromatic heterocycles. The van der Waals surface area contributed by atoms with Crippen molar-refractivity contribution >= 4 is 16.6 Å². The van der Waals surface area contributed by atoms with Gasteiger partial charge in [-0.3, -0.25) is 0 Å². The Balaban J connectivity index is 2.71. The summed E-state index contributed by atoms with van der Waals surface area (Å²) in [5, 5.41) is 0. The van der Waals surface area contributed by atoms with Crippen molar-refractivity contribution < 1.29 is 13.6 Å². The van der Waals surface area contributed by atoms with E-state index in [-0.39, 0.29) is 12.2 Å². The Kier molecular flexibility index (Phi) is 9.60. The van der Waals surface area contributed by atoms with Gasteiger partial charge in [0.1, 0.15) is 6.10 Å². The molecule has 2 atom stereocenters. The molecule has 0 aromatic carbocycles. The second-order valence-electron chi connectivity index (χ2n) is 7.01. The van der Waals surface area contributed by atoms with Crippen LogP contribution < -0.4 is 0 Å². The van der Waals surface area contributed by atoms with E-state index < -0.39 is 16.6 Å². The third kappa shape index (κ3) is 5.67. The normalized spacial score (nSPS) is 23.2. The van der Waals surface area contributed by atoms with Gasteiger partial charge in [0.2, 0.25) is 0 Å². The summed E-state index contributed by atoms with van der Waals surface area (Å²) >= 11 is 0. The van der Waals surface area contributed by atoms with Gasteiger partial charge in [0.05, 0.1) is 12.7 Å². The molecule has 1 aliphatic heterocycles. The fraction of sp³-hybridized carbons (Fsp3) is 1.00. The SMILES string of the molecule is CC[Si](CC)(CC)OC[C@H]1OCCC[C@@H]1O[Si](CC)(CC)CC. The number of hydrogen-bond acceptors (Lipinski definition) is 3. The van der Waals surface area contributed by atoms with Crippen molar-refractivity contribution in [2.45, 2.75) is 103 Å². The van der Waals surface area contributed by atoms with E-state index in [1.807, 2.05) is 0 Å². The Morgan fingerprint density at radius 3 is 1.83 bits per heavy atom. The minimum Gasteiger partial charge on any atom is -0.414 e. The Bertz CT molecular complexity index is 301. The van der Waals surface area contributed by atoms with Crippen LogP contribution in [-0.4, -0.2) is 42.1 Å². The van der Waals surface area contributed by atoms with E-state index in [0.717, 1.165) is 26.1 Å². The van der Waals surface area contributed by atoms with Gasteiger partial charge in [0.25, 0.3) is 0 Å². The minimum atomic E-state index is -1.57. The van der Waals surface area contributed by atoms with Gasteiger partial charge in [-0.15, -0.1) is 0 Å². The molecule has 1 saturated heterocycles. The van der Waals surface area contributed by atoms with Crippen molar-refractivity contribution in [3.63, 3.8) is 0 Å². The molecular weight excluding hydrogens is 320 g/mol. The quantitative estimate of drug-likeness (QED) is 0.450. The average molecular weight is 361 g/mol. The third-order valence-electron chi connectivity index (χ3n) is 6.20. The summed E-state index contributed by atoms with van der Waals surface area (Å²) in [5.41, 5.74) is 0. The van der Waals surface area contributed by atoms with Crippen molar-refractivity contribution in [1.82, 2.24) is 0 Å². The molecule has 0 bridgehead atoms. The Labute approximate surface area is 146 Å². The van der Waals surface area contributed by atoms with Crippen LogP contribution in [0.2, 0.25) is 36.3 Å². The Hall–Kier alpha value is 0.314. The first kappa shape index (κ1) is 21.4. The molecule has 3 nitrogen and oxygen atoms in total. The van der Waals surface area contributed by atoms with Crippen LogP contribution in [0, 0.1) is 0 Å². The molecule has 0 amide bonds. The maximum Gasteiger partial charge on any atom is 0.192 e. The van der Waals surface area contributed by atoms with E-state index in [9.17, 15) is 0 Å². The lowest BCUT2D eigenvalue weighted by atomic mass is 10.1. The zero-order chi connectivity index (χ0) is 17.3. The van der Waals surface area contributed by atoms with E-state index in [1.54, 1.807) is 0 Å². The van der Waals surface area contributed by atoms with Gasteiger partial charge in [-0.2, -0.15) is 0 Å². The van der Waals surface area contributed by atoms with Crippen molar-refractivity contribution in [3.05, 3.63) is 0 Å². The highest BCUT2D eigenvalue weighted by atomic mass is 28.4. The van der Waals surface area contributed by atoms with Gasteiger partial charge in [0, 0.05) is 6.61 Å². The standard InChI is InChI=1S/C18H40O3Si2/c1-7-22(8-2,9-3)20-16-18-17(14-13-15-19-18)21-23(10-4,11-5)12-6/h17-18H,7-16H2,1-6H3/t17-,18+/m0/s1. The number of hydrogen-bond donors (Lipinski definition) is 0. The van der Waals surface area contributed by atoms with Crippen LogP contribution in [0.1, 0.15) is 54.4 Å². The van der Waals surface area contributed by atoms with Crippen molar-refractivity contribution in [3.8, 4) is 0 Å². The van der Waals surface area contributed by atoms with Crippen LogP contribution in [0.15, 0.2) is 0 Å². The maximum absolute atomic E-state index is 6.75. The van der Waals surface area contributed by atoms with Crippen LogP contribution in [0.25, 0.3) is 0 Å². The van der Waals surface area contributed by atoms with Crippen molar-refractivity contribution in [1.29, 1.82) is 0 Å². The lowest BCUT2D eigenvalue weighted by Gasteiger charge is -2.40. The van der Waals surface area contributed by atoms with E-state index in [4.69, 9.17) is 13.6 Å². The smallest absolute Gasteiger partial charge is 0.192 e. The van der Waals surface area contributed by atoms with Crippen LogP contribution in [0.5, 0.6) is 0 Å². The zero-order valence-corrected chi connectivity index (χ0v) is 18.5. The van der Waals surface area contributed by atoms with Crippen molar-refractivity contribution in [2.75, 3.05) is 13.2 Å².